The Hall–Kier alpha value is -3.80. The largest absolute Gasteiger partial charge is 0.500 e. The summed E-state index contributed by atoms with van der Waals surface area (Å²) in [5, 5.41) is 0. The van der Waals surface area contributed by atoms with E-state index in [2.05, 4.69) is 24.3 Å². The fourth-order valence-electron chi connectivity index (χ4n) is 4.23. The van der Waals surface area contributed by atoms with Gasteiger partial charge >= 0.3 is 0 Å². The van der Waals surface area contributed by atoms with E-state index < -0.39 is 0 Å². The predicted octanol–water partition coefficient (Wildman–Crippen LogP) is 4.91. The Morgan fingerprint density at radius 1 is 0.639 bits per heavy atom. The van der Waals surface area contributed by atoms with E-state index in [-0.39, 0.29) is 23.7 Å². The van der Waals surface area contributed by atoms with Crippen LogP contribution in [0.4, 0.5) is 0 Å². The first-order chi connectivity index (χ1) is 17.1. The summed E-state index contributed by atoms with van der Waals surface area (Å²) in [7, 11) is 7.03. The van der Waals surface area contributed by atoms with Crippen molar-refractivity contribution in [1.29, 1.82) is 0 Å². The molecule has 0 fully saturated rings. The SMILES string of the molecule is CO/C(C)=C(\C=[N+](C)C(c1ccccc1)C(c1ccccc1)[N+](C)=C/C(C(C)=O)=C(/C)OC)C(C)=O. The molecule has 2 aromatic carbocycles. The van der Waals surface area contributed by atoms with Crippen molar-refractivity contribution in [1.82, 2.24) is 0 Å². The van der Waals surface area contributed by atoms with Gasteiger partial charge in [-0.15, -0.1) is 0 Å². The molecule has 0 aliphatic carbocycles. The smallest absolute Gasteiger partial charge is 0.243 e. The molecule has 2 unspecified atom stereocenters. The summed E-state index contributed by atoms with van der Waals surface area (Å²) in [4.78, 5) is 24.9. The van der Waals surface area contributed by atoms with Gasteiger partial charge in [-0.1, -0.05) is 60.7 Å². The number of hydrogen-bond acceptors (Lipinski definition) is 4. The number of carbonyl (C=O) groups is 2. The third-order valence-electron chi connectivity index (χ3n) is 6.25. The van der Waals surface area contributed by atoms with Gasteiger partial charge in [-0.05, 0) is 27.7 Å². The highest BCUT2D eigenvalue weighted by Crippen LogP contribution is 2.34. The van der Waals surface area contributed by atoms with Crippen molar-refractivity contribution in [2.45, 2.75) is 39.8 Å². The van der Waals surface area contributed by atoms with Crippen LogP contribution in [0, 0.1) is 0 Å². The summed E-state index contributed by atoms with van der Waals surface area (Å²) in [5.74, 6) is 0.938. The Morgan fingerprint density at radius 3 is 1.19 bits per heavy atom. The number of hydrogen-bond donors (Lipinski definition) is 0. The van der Waals surface area contributed by atoms with Crippen LogP contribution in [0.2, 0.25) is 0 Å². The fraction of sp³-hybridized carbons (Fsp3) is 0.333. The maximum atomic E-state index is 12.5. The summed E-state index contributed by atoms with van der Waals surface area (Å²) < 4.78 is 14.9. The molecule has 2 aromatic rings. The zero-order valence-corrected chi connectivity index (χ0v) is 22.6. The maximum absolute atomic E-state index is 12.5. The van der Waals surface area contributed by atoms with Gasteiger partial charge in [0.15, 0.2) is 24.0 Å². The molecule has 36 heavy (non-hydrogen) atoms. The minimum atomic E-state index is -0.218. The molecule has 0 aromatic heterocycles. The summed E-state index contributed by atoms with van der Waals surface area (Å²) in [5.41, 5.74) is 3.11. The predicted molar refractivity (Wildman–Crippen MR) is 144 cm³/mol. The molecular formula is C30H38N2O4+2. The first-order valence-electron chi connectivity index (χ1n) is 11.9. The first kappa shape index (κ1) is 28.4. The lowest BCUT2D eigenvalue weighted by Gasteiger charge is -2.22. The number of likely N-dealkylation sites (N-methyl/N-ethyl adjacent to an activating group) is 2. The van der Waals surface area contributed by atoms with Crippen LogP contribution in [-0.2, 0) is 19.1 Å². The number of allylic oxidation sites excluding steroid dienone is 4. The number of nitrogens with zero attached hydrogens (tertiary/aromatic N) is 2. The molecule has 0 heterocycles. The van der Waals surface area contributed by atoms with Crippen LogP contribution >= 0.6 is 0 Å². The van der Waals surface area contributed by atoms with Crippen molar-refractivity contribution in [2.24, 2.45) is 0 Å². The van der Waals surface area contributed by atoms with Crippen LogP contribution in [0.5, 0.6) is 0 Å². The summed E-state index contributed by atoms with van der Waals surface area (Å²) in [6, 6.07) is 19.8. The highest BCUT2D eigenvalue weighted by molar-refractivity contribution is 6.11. The number of ketones is 2. The highest BCUT2D eigenvalue weighted by atomic mass is 16.5. The molecule has 6 heteroatoms. The third-order valence-corrected chi connectivity index (χ3v) is 6.25. The molecule has 2 rings (SSSR count). The molecule has 6 nitrogen and oxygen atoms in total. The first-order valence-corrected chi connectivity index (χ1v) is 11.9. The van der Waals surface area contributed by atoms with E-state index >= 15 is 0 Å². The van der Waals surface area contributed by atoms with Crippen molar-refractivity contribution in [3.8, 4) is 0 Å². The second-order valence-electron chi connectivity index (χ2n) is 8.76. The lowest BCUT2D eigenvalue weighted by Crippen LogP contribution is -2.31. The van der Waals surface area contributed by atoms with Crippen molar-refractivity contribution in [3.05, 3.63) is 94.5 Å². The average Bonchev–Trinajstić information content (AvgIpc) is 2.88. The lowest BCUT2D eigenvalue weighted by atomic mass is 9.92. The molecule has 2 atom stereocenters. The van der Waals surface area contributed by atoms with Gasteiger partial charge < -0.3 is 9.47 Å². The van der Waals surface area contributed by atoms with E-state index in [0.717, 1.165) is 11.1 Å². The standard InChI is InChI=1S/C30H38N2O4/c1-21(33)27(23(3)35-7)19-31(5)29(25-15-11-9-12-16-25)30(26-17-13-10-14-18-26)32(6)20-28(22(2)34)24(4)36-8/h9-20,29-30H,1-8H3/q+2/b27-23+,28-24+,31-19?,32-20?. The zero-order chi connectivity index (χ0) is 26.8. The van der Waals surface area contributed by atoms with Crippen LogP contribution in [-0.4, -0.2) is 61.5 Å². The molecule has 0 N–H and O–H groups in total. The maximum Gasteiger partial charge on any atom is 0.243 e. The summed E-state index contributed by atoms with van der Waals surface area (Å²) >= 11 is 0. The molecule has 0 spiro atoms. The van der Waals surface area contributed by atoms with Crippen LogP contribution in [0.1, 0.15) is 50.9 Å². The summed E-state index contributed by atoms with van der Waals surface area (Å²) in [6.45, 7) is 6.63. The topological polar surface area (TPSA) is 58.6 Å². The Bertz CT molecular complexity index is 1100. The summed E-state index contributed by atoms with van der Waals surface area (Å²) in [6.07, 6.45) is 3.68. The van der Waals surface area contributed by atoms with Crippen LogP contribution in [0.15, 0.2) is 83.3 Å². The minimum Gasteiger partial charge on any atom is -0.500 e. The Morgan fingerprint density at radius 2 is 0.944 bits per heavy atom. The van der Waals surface area contributed by atoms with Gasteiger partial charge in [-0.2, -0.15) is 0 Å². The number of methoxy groups -OCH3 is 2. The number of ether oxygens (including phenoxy) is 2. The fourth-order valence-corrected chi connectivity index (χ4v) is 4.23. The second kappa shape index (κ2) is 13.3. The average molecular weight is 491 g/mol. The van der Waals surface area contributed by atoms with Gasteiger partial charge in [0.05, 0.1) is 14.2 Å². The molecule has 0 amide bonds. The zero-order valence-electron chi connectivity index (χ0n) is 22.6. The minimum absolute atomic E-state index is 0.0818. The number of benzene rings is 2. The van der Waals surface area contributed by atoms with E-state index in [1.807, 2.05) is 72.1 Å². The molecule has 0 saturated heterocycles. The van der Waals surface area contributed by atoms with Crippen LogP contribution in [0.25, 0.3) is 0 Å². The molecule has 0 aliphatic rings. The number of carbonyl (C=O) groups excluding carboxylic acids is 2. The van der Waals surface area contributed by atoms with Gasteiger partial charge in [0.2, 0.25) is 12.1 Å². The second-order valence-corrected chi connectivity index (χ2v) is 8.76. The van der Waals surface area contributed by atoms with E-state index in [1.165, 1.54) is 13.8 Å². The van der Waals surface area contributed by atoms with Crippen molar-refractivity contribution in [2.75, 3.05) is 28.3 Å². The number of Topliss-reactive ketones (excluding diaryl/α,β-unsaturated/α-hetero) is 2. The third kappa shape index (κ3) is 7.11. The Labute approximate surface area is 214 Å². The van der Waals surface area contributed by atoms with Crippen molar-refractivity contribution in [3.63, 3.8) is 0 Å². The lowest BCUT2D eigenvalue weighted by molar-refractivity contribution is -0.638. The van der Waals surface area contributed by atoms with Crippen molar-refractivity contribution < 1.29 is 28.2 Å². The molecular weight excluding hydrogens is 452 g/mol. The normalized spacial score (nSPS) is 15.3. The van der Waals surface area contributed by atoms with Gasteiger partial charge in [-0.25, -0.2) is 9.15 Å². The van der Waals surface area contributed by atoms with Crippen LogP contribution in [0.3, 0.4) is 0 Å². The highest BCUT2D eigenvalue weighted by Gasteiger charge is 2.39. The molecule has 0 saturated carbocycles. The monoisotopic (exact) mass is 490 g/mol. The van der Waals surface area contributed by atoms with Gasteiger partial charge in [-0.3, -0.25) is 9.59 Å². The van der Waals surface area contributed by atoms with Gasteiger partial charge in [0.1, 0.15) is 36.8 Å². The van der Waals surface area contributed by atoms with Gasteiger partial charge in [0, 0.05) is 11.1 Å². The Kier molecular flexibility index (Phi) is 10.5. The molecule has 0 radical (unpaired) electrons. The quantitative estimate of drug-likeness (QED) is 0.194. The van der Waals surface area contributed by atoms with Crippen LogP contribution < -0.4 is 0 Å². The van der Waals surface area contributed by atoms with E-state index in [9.17, 15) is 9.59 Å². The van der Waals surface area contributed by atoms with Gasteiger partial charge in [0.25, 0.3) is 0 Å². The number of rotatable bonds is 11. The van der Waals surface area contributed by atoms with E-state index in [0.29, 0.717) is 22.7 Å². The molecule has 190 valence electrons. The molecule has 0 aliphatic heterocycles. The van der Waals surface area contributed by atoms with Crippen molar-refractivity contribution >= 4 is 24.0 Å². The van der Waals surface area contributed by atoms with E-state index in [4.69, 9.17) is 9.47 Å². The molecule has 0 bridgehead atoms. The van der Waals surface area contributed by atoms with E-state index in [1.54, 1.807) is 28.1 Å². The Balaban J connectivity index is 2.88.